The van der Waals surface area contributed by atoms with Gasteiger partial charge < -0.3 is 20.9 Å². The Kier molecular flexibility index (Phi) is 10.4. The SMILES string of the molecule is CCNC(=NCc1cccc(C(=O)NCCN(C)C)c1)NCC(C)Cc1cccs1. The van der Waals surface area contributed by atoms with Crippen LogP contribution in [0.15, 0.2) is 46.8 Å². The first-order valence-electron chi connectivity index (χ1n) is 10.5. The molecule has 2 aromatic rings. The molecule has 1 unspecified atom stereocenters. The van der Waals surface area contributed by atoms with Crippen molar-refractivity contribution in [2.24, 2.45) is 10.9 Å². The van der Waals surface area contributed by atoms with Gasteiger partial charge in [0.15, 0.2) is 5.96 Å². The minimum atomic E-state index is -0.0462. The van der Waals surface area contributed by atoms with Crippen molar-refractivity contribution >= 4 is 23.2 Å². The fourth-order valence-corrected chi connectivity index (χ4v) is 3.80. The summed E-state index contributed by atoms with van der Waals surface area (Å²) < 4.78 is 0. The summed E-state index contributed by atoms with van der Waals surface area (Å²) in [6.07, 6.45) is 1.06. The molecule has 3 N–H and O–H groups in total. The van der Waals surface area contributed by atoms with Crippen LogP contribution in [0.1, 0.15) is 34.6 Å². The molecule has 1 aromatic carbocycles. The van der Waals surface area contributed by atoms with E-state index in [-0.39, 0.29) is 5.91 Å². The van der Waals surface area contributed by atoms with Crippen LogP contribution in [-0.2, 0) is 13.0 Å². The Morgan fingerprint density at radius 3 is 2.70 bits per heavy atom. The predicted octanol–water partition coefficient (Wildman–Crippen LogP) is 2.97. The molecular formula is C23H35N5OS. The fraction of sp³-hybridized carbons (Fsp3) is 0.478. The number of carbonyl (C=O) groups excluding carboxylic acids is 1. The third-order valence-corrected chi connectivity index (χ3v) is 5.44. The molecule has 6 nitrogen and oxygen atoms in total. The van der Waals surface area contributed by atoms with Crippen molar-refractivity contribution in [3.05, 3.63) is 57.8 Å². The molecule has 2 rings (SSSR count). The minimum absolute atomic E-state index is 0.0462. The van der Waals surface area contributed by atoms with Gasteiger partial charge in [-0.15, -0.1) is 11.3 Å². The molecule has 0 aliphatic rings. The van der Waals surface area contributed by atoms with Gasteiger partial charge in [0.1, 0.15) is 0 Å². The van der Waals surface area contributed by atoms with Crippen LogP contribution < -0.4 is 16.0 Å². The number of hydrogen-bond donors (Lipinski definition) is 3. The summed E-state index contributed by atoms with van der Waals surface area (Å²) in [4.78, 5) is 20.5. The smallest absolute Gasteiger partial charge is 0.251 e. The first-order chi connectivity index (χ1) is 14.5. The number of benzene rings is 1. The van der Waals surface area contributed by atoms with Gasteiger partial charge in [-0.1, -0.05) is 25.1 Å². The van der Waals surface area contributed by atoms with E-state index in [9.17, 15) is 4.79 Å². The van der Waals surface area contributed by atoms with E-state index in [1.165, 1.54) is 4.88 Å². The fourth-order valence-electron chi connectivity index (χ4n) is 2.93. The molecule has 30 heavy (non-hydrogen) atoms. The second-order valence-electron chi connectivity index (χ2n) is 7.72. The molecule has 0 saturated heterocycles. The molecule has 0 saturated carbocycles. The number of likely N-dealkylation sites (N-methyl/N-ethyl adjacent to an activating group) is 1. The number of hydrogen-bond acceptors (Lipinski definition) is 4. The van der Waals surface area contributed by atoms with E-state index < -0.39 is 0 Å². The van der Waals surface area contributed by atoms with Crippen LogP contribution in [0, 0.1) is 5.92 Å². The highest BCUT2D eigenvalue weighted by atomic mass is 32.1. The number of nitrogens with zero attached hydrogens (tertiary/aromatic N) is 2. The topological polar surface area (TPSA) is 68.8 Å². The Morgan fingerprint density at radius 2 is 2.00 bits per heavy atom. The molecule has 1 aromatic heterocycles. The lowest BCUT2D eigenvalue weighted by Gasteiger charge is -2.15. The molecule has 7 heteroatoms. The van der Waals surface area contributed by atoms with E-state index in [0.717, 1.165) is 37.6 Å². The van der Waals surface area contributed by atoms with Crippen molar-refractivity contribution in [1.29, 1.82) is 0 Å². The van der Waals surface area contributed by atoms with Crippen LogP contribution in [-0.4, -0.2) is 57.0 Å². The van der Waals surface area contributed by atoms with Crippen LogP contribution >= 0.6 is 11.3 Å². The highest BCUT2D eigenvalue weighted by Gasteiger charge is 2.08. The van der Waals surface area contributed by atoms with Gasteiger partial charge in [-0.3, -0.25) is 4.79 Å². The average molecular weight is 430 g/mol. The van der Waals surface area contributed by atoms with E-state index in [0.29, 0.717) is 24.6 Å². The molecule has 0 aliphatic carbocycles. The Hall–Kier alpha value is -2.38. The highest BCUT2D eigenvalue weighted by molar-refractivity contribution is 7.09. The zero-order valence-electron chi connectivity index (χ0n) is 18.6. The van der Waals surface area contributed by atoms with Gasteiger partial charge in [0.2, 0.25) is 0 Å². The van der Waals surface area contributed by atoms with Gasteiger partial charge in [-0.25, -0.2) is 4.99 Å². The van der Waals surface area contributed by atoms with E-state index in [4.69, 9.17) is 4.99 Å². The number of thiophene rings is 1. The second-order valence-corrected chi connectivity index (χ2v) is 8.76. The second kappa shape index (κ2) is 13.0. The lowest BCUT2D eigenvalue weighted by Crippen LogP contribution is -2.39. The van der Waals surface area contributed by atoms with Gasteiger partial charge >= 0.3 is 0 Å². The standard InChI is InChI=1S/C23H35N5OS/c1-5-24-23(26-16-18(2)14-21-10-7-13-30-21)27-17-19-8-6-9-20(15-19)22(29)25-11-12-28(3)4/h6-10,13,15,18H,5,11-12,14,16-17H2,1-4H3,(H,25,29)(H2,24,26,27). The monoisotopic (exact) mass is 429 g/mol. The lowest BCUT2D eigenvalue weighted by molar-refractivity contribution is 0.0951. The van der Waals surface area contributed by atoms with Crippen molar-refractivity contribution < 1.29 is 4.79 Å². The van der Waals surface area contributed by atoms with Gasteiger partial charge in [-0.05, 0) is 62.5 Å². The molecule has 0 fully saturated rings. The predicted molar refractivity (Wildman–Crippen MR) is 127 cm³/mol. The molecular weight excluding hydrogens is 394 g/mol. The number of carbonyl (C=O) groups is 1. The number of rotatable bonds is 11. The molecule has 1 amide bonds. The first-order valence-corrected chi connectivity index (χ1v) is 11.4. The van der Waals surface area contributed by atoms with Crippen LogP contribution in [0.5, 0.6) is 0 Å². The van der Waals surface area contributed by atoms with Gasteiger partial charge in [0.05, 0.1) is 6.54 Å². The van der Waals surface area contributed by atoms with Gasteiger partial charge in [0.25, 0.3) is 5.91 Å². The molecule has 0 bridgehead atoms. The first kappa shape index (κ1) is 23.9. The van der Waals surface area contributed by atoms with Crippen molar-refractivity contribution in [1.82, 2.24) is 20.9 Å². The maximum absolute atomic E-state index is 12.3. The Bertz CT molecular complexity index is 789. The molecule has 0 radical (unpaired) electrons. The normalized spacial score (nSPS) is 12.6. The average Bonchev–Trinajstić information content (AvgIpc) is 3.23. The van der Waals surface area contributed by atoms with Crippen molar-refractivity contribution in [3.8, 4) is 0 Å². The molecule has 0 spiro atoms. The summed E-state index contributed by atoms with van der Waals surface area (Å²) in [6, 6.07) is 12.0. The van der Waals surface area contributed by atoms with E-state index in [1.807, 2.05) is 43.3 Å². The van der Waals surface area contributed by atoms with E-state index >= 15 is 0 Å². The van der Waals surface area contributed by atoms with Crippen LogP contribution in [0.25, 0.3) is 0 Å². The zero-order valence-corrected chi connectivity index (χ0v) is 19.4. The third-order valence-electron chi connectivity index (χ3n) is 4.55. The maximum atomic E-state index is 12.3. The van der Waals surface area contributed by atoms with E-state index in [2.05, 4.69) is 47.3 Å². The molecule has 1 heterocycles. The Labute approximate surface area is 184 Å². The number of amides is 1. The summed E-state index contributed by atoms with van der Waals surface area (Å²) in [5.41, 5.74) is 1.68. The van der Waals surface area contributed by atoms with Gasteiger partial charge in [0, 0.05) is 36.6 Å². The van der Waals surface area contributed by atoms with E-state index in [1.54, 1.807) is 11.3 Å². The molecule has 164 valence electrons. The maximum Gasteiger partial charge on any atom is 0.251 e. The Balaban J connectivity index is 1.89. The zero-order chi connectivity index (χ0) is 21.8. The number of aliphatic imine (C=N–C) groups is 1. The lowest BCUT2D eigenvalue weighted by atomic mass is 10.1. The minimum Gasteiger partial charge on any atom is -0.357 e. The van der Waals surface area contributed by atoms with Crippen LogP contribution in [0.4, 0.5) is 0 Å². The quantitative estimate of drug-likeness (QED) is 0.379. The van der Waals surface area contributed by atoms with Crippen molar-refractivity contribution in [2.75, 3.05) is 40.3 Å². The summed E-state index contributed by atoms with van der Waals surface area (Å²) in [6.45, 7) is 7.94. The summed E-state index contributed by atoms with van der Waals surface area (Å²) in [5, 5.41) is 11.8. The van der Waals surface area contributed by atoms with Crippen LogP contribution in [0.3, 0.4) is 0 Å². The summed E-state index contributed by atoms with van der Waals surface area (Å²) >= 11 is 1.80. The number of guanidine groups is 1. The Morgan fingerprint density at radius 1 is 1.17 bits per heavy atom. The summed E-state index contributed by atoms with van der Waals surface area (Å²) in [7, 11) is 3.98. The third kappa shape index (κ3) is 8.97. The van der Waals surface area contributed by atoms with Crippen LogP contribution in [0.2, 0.25) is 0 Å². The molecule has 1 atom stereocenters. The summed E-state index contributed by atoms with van der Waals surface area (Å²) in [5.74, 6) is 1.27. The highest BCUT2D eigenvalue weighted by Crippen LogP contribution is 2.13. The van der Waals surface area contributed by atoms with Crippen molar-refractivity contribution in [3.63, 3.8) is 0 Å². The number of nitrogens with one attached hydrogen (secondary N) is 3. The van der Waals surface area contributed by atoms with Crippen molar-refractivity contribution in [2.45, 2.75) is 26.8 Å². The largest absolute Gasteiger partial charge is 0.357 e. The molecule has 0 aliphatic heterocycles. The van der Waals surface area contributed by atoms with Gasteiger partial charge in [-0.2, -0.15) is 0 Å².